The SMILES string of the molecule is CC(C)(C)OC(=O)N1CCC(N2CCC(CN3CCN(C(=O)c4ccc(Cl)c(N5CCC(=O)NC5=O)c4)CC3)CC2)C(F)(F)C1. The van der Waals surface area contributed by atoms with Crippen LogP contribution in [-0.4, -0.2) is 127 Å². The van der Waals surface area contributed by atoms with E-state index in [2.05, 4.69) is 10.2 Å². The number of halogens is 3. The third kappa shape index (κ3) is 8.04. The van der Waals surface area contributed by atoms with Crippen LogP contribution in [0.15, 0.2) is 18.2 Å². The molecular weight excluding hydrogens is 610 g/mol. The molecule has 5 rings (SSSR count). The number of anilines is 1. The van der Waals surface area contributed by atoms with E-state index in [4.69, 9.17) is 16.3 Å². The molecule has 4 fully saturated rings. The van der Waals surface area contributed by atoms with Gasteiger partial charge in [-0.1, -0.05) is 11.6 Å². The summed E-state index contributed by atoms with van der Waals surface area (Å²) in [5, 5.41) is 2.60. The summed E-state index contributed by atoms with van der Waals surface area (Å²) < 4.78 is 35.7. The van der Waals surface area contributed by atoms with Gasteiger partial charge in [-0.05, 0) is 77.2 Å². The number of urea groups is 1. The number of imide groups is 1. The van der Waals surface area contributed by atoms with Crippen molar-refractivity contribution in [3.05, 3.63) is 28.8 Å². The minimum atomic E-state index is -3.01. The molecule has 248 valence electrons. The molecule has 0 aromatic heterocycles. The smallest absolute Gasteiger partial charge is 0.410 e. The van der Waals surface area contributed by atoms with Crippen LogP contribution in [0, 0.1) is 5.92 Å². The molecule has 1 N–H and O–H groups in total. The first-order chi connectivity index (χ1) is 21.2. The Kier molecular flexibility index (Phi) is 9.90. The molecule has 0 spiro atoms. The number of likely N-dealkylation sites (tertiary alicyclic amines) is 2. The fraction of sp³-hybridized carbons (Fsp3) is 0.677. The van der Waals surface area contributed by atoms with Crippen molar-refractivity contribution in [2.45, 2.75) is 64.0 Å². The molecule has 14 heteroatoms. The summed E-state index contributed by atoms with van der Waals surface area (Å²) in [6.07, 6.45) is 1.33. The number of amides is 5. The predicted molar refractivity (Wildman–Crippen MR) is 165 cm³/mol. The van der Waals surface area contributed by atoms with Gasteiger partial charge in [0, 0.05) is 57.8 Å². The van der Waals surface area contributed by atoms with Gasteiger partial charge in [0.2, 0.25) is 5.91 Å². The third-order valence-corrected chi connectivity index (χ3v) is 9.34. The lowest BCUT2D eigenvalue weighted by molar-refractivity contribution is -0.130. The Morgan fingerprint density at radius 1 is 0.978 bits per heavy atom. The molecule has 45 heavy (non-hydrogen) atoms. The largest absolute Gasteiger partial charge is 0.444 e. The van der Waals surface area contributed by atoms with Crippen molar-refractivity contribution >= 4 is 41.2 Å². The van der Waals surface area contributed by atoms with Gasteiger partial charge in [0.25, 0.3) is 11.8 Å². The van der Waals surface area contributed by atoms with Crippen molar-refractivity contribution in [1.82, 2.24) is 24.9 Å². The van der Waals surface area contributed by atoms with Gasteiger partial charge in [-0.2, -0.15) is 0 Å². The zero-order valence-corrected chi connectivity index (χ0v) is 27.0. The molecule has 1 atom stereocenters. The molecule has 5 amide bonds. The number of alkyl halides is 2. The van der Waals surface area contributed by atoms with Crippen molar-refractivity contribution in [2.75, 3.05) is 70.3 Å². The highest BCUT2D eigenvalue weighted by Gasteiger charge is 2.49. The second-order valence-corrected chi connectivity index (χ2v) is 13.9. The summed E-state index contributed by atoms with van der Waals surface area (Å²) in [4.78, 5) is 58.1. The number of nitrogens with zero attached hydrogens (tertiary/aromatic N) is 5. The molecule has 0 bridgehead atoms. The monoisotopic (exact) mass is 652 g/mol. The highest BCUT2D eigenvalue weighted by Crippen LogP contribution is 2.35. The quantitative estimate of drug-likeness (QED) is 0.515. The first-order valence-corrected chi connectivity index (χ1v) is 16.1. The van der Waals surface area contributed by atoms with E-state index < -0.39 is 36.2 Å². The maximum atomic E-state index is 15.2. The molecule has 11 nitrogen and oxygen atoms in total. The summed E-state index contributed by atoms with van der Waals surface area (Å²) in [5.74, 6) is -3.11. The molecular formula is C31H43ClF2N6O5. The van der Waals surface area contributed by atoms with Gasteiger partial charge in [-0.25, -0.2) is 18.4 Å². The van der Waals surface area contributed by atoms with Crippen LogP contribution in [0.5, 0.6) is 0 Å². The summed E-state index contributed by atoms with van der Waals surface area (Å²) in [6, 6.07) is 3.40. The van der Waals surface area contributed by atoms with E-state index in [9.17, 15) is 19.2 Å². The Morgan fingerprint density at radius 3 is 2.29 bits per heavy atom. The highest BCUT2D eigenvalue weighted by atomic mass is 35.5. The first-order valence-electron chi connectivity index (χ1n) is 15.7. The van der Waals surface area contributed by atoms with Gasteiger partial charge in [-0.3, -0.25) is 29.6 Å². The summed E-state index contributed by atoms with van der Waals surface area (Å²) in [6.45, 7) is 9.57. The van der Waals surface area contributed by atoms with Gasteiger partial charge >= 0.3 is 12.1 Å². The van der Waals surface area contributed by atoms with Crippen LogP contribution in [-0.2, 0) is 9.53 Å². The highest BCUT2D eigenvalue weighted by molar-refractivity contribution is 6.34. The van der Waals surface area contributed by atoms with E-state index >= 15 is 8.78 Å². The fourth-order valence-electron chi connectivity index (χ4n) is 6.64. The number of piperazine rings is 1. The number of hydrogen-bond donors (Lipinski definition) is 1. The van der Waals surface area contributed by atoms with Crippen molar-refractivity contribution < 1.29 is 32.7 Å². The molecule has 4 heterocycles. The predicted octanol–water partition coefficient (Wildman–Crippen LogP) is 3.90. The Hall–Kier alpha value is -3.03. The van der Waals surface area contributed by atoms with Crippen LogP contribution in [0.1, 0.15) is 56.8 Å². The maximum absolute atomic E-state index is 15.2. The van der Waals surface area contributed by atoms with Gasteiger partial charge in [-0.15, -0.1) is 0 Å². The van der Waals surface area contributed by atoms with Crippen molar-refractivity contribution in [3.63, 3.8) is 0 Å². The Balaban J connectivity index is 1.07. The fourth-order valence-corrected chi connectivity index (χ4v) is 6.85. The number of ether oxygens (including phenoxy) is 1. The lowest BCUT2D eigenvalue weighted by Gasteiger charge is -2.46. The summed E-state index contributed by atoms with van der Waals surface area (Å²) in [5.41, 5.74) is 0.0869. The van der Waals surface area contributed by atoms with E-state index in [-0.39, 0.29) is 37.7 Å². The average Bonchev–Trinajstić information content (AvgIpc) is 2.97. The molecule has 4 aliphatic heterocycles. The minimum Gasteiger partial charge on any atom is -0.444 e. The number of nitrogens with one attached hydrogen (secondary N) is 1. The summed E-state index contributed by atoms with van der Waals surface area (Å²) in [7, 11) is 0. The molecule has 4 saturated heterocycles. The van der Waals surface area contributed by atoms with E-state index in [0.717, 1.165) is 24.3 Å². The third-order valence-electron chi connectivity index (χ3n) is 9.02. The molecule has 1 unspecified atom stereocenters. The van der Waals surface area contributed by atoms with Gasteiger partial charge < -0.3 is 14.5 Å². The average molecular weight is 653 g/mol. The second kappa shape index (κ2) is 13.4. The molecule has 0 saturated carbocycles. The van der Waals surface area contributed by atoms with E-state index in [1.54, 1.807) is 43.9 Å². The van der Waals surface area contributed by atoms with Crippen LogP contribution < -0.4 is 10.2 Å². The number of carbonyl (C=O) groups excluding carboxylic acids is 4. The van der Waals surface area contributed by atoms with E-state index in [1.807, 2.05) is 4.90 Å². The van der Waals surface area contributed by atoms with Crippen LogP contribution in [0.4, 0.5) is 24.1 Å². The van der Waals surface area contributed by atoms with Gasteiger partial charge in [0.1, 0.15) is 5.60 Å². The van der Waals surface area contributed by atoms with Crippen molar-refractivity contribution in [3.8, 4) is 0 Å². The lowest BCUT2D eigenvalue weighted by atomic mass is 9.91. The number of rotatable bonds is 5. The standard InChI is InChI=1S/C31H43ClF2N6O5/c1-30(2,3)45-29(44)39-12-8-25(31(33,34)20-39)37-10-6-21(7-11-37)19-36-14-16-38(17-15-36)27(42)22-4-5-23(32)24(18-22)40-13-9-26(41)35-28(40)43/h4-5,18,21,25H,6-17,19-20H2,1-3H3,(H,35,41,43). The molecule has 0 aliphatic carbocycles. The molecule has 4 aliphatic rings. The number of piperidine rings is 2. The minimum absolute atomic E-state index is 0.145. The Labute approximate surface area is 267 Å². The Morgan fingerprint density at radius 2 is 1.67 bits per heavy atom. The van der Waals surface area contributed by atoms with E-state index in [0.29, 0.717) is 61.5 Å². The van der Waals surface area contributed by atoms with Crippen molar-refractivity contribution in [1.29, 1.82) is 0 Å². The van der Waals surface area contributed by atoms with Crippen LogP contribution >= 0.6 is 11.6 Å². The van der Waals surface area contributed by atoms with Crippen molar-refractivity contribution in [2.24, 2.45) is 5.92 Å². The maximum Gasteiger partial charge on any atom is 0.410 e. The zero-order valence-electron chi connectivity index (χ0n) is 26.2. The molecule has 1 aromatic carbocycles. The first kappa shape index (κ1) is 33.3. The lowest BCUT2D eigenvalue weighted by Crippen LogP contribution is -2.61. The number of benzene rings is 1. The second-order valence-electron chi connectivity index (χ2n) is 13.5. The number of hydrogen-bond acceptors (Lipinski definition) is 7. The van der Waals surface area contributed by atoms with Crippen LogP contribution in [0.3, 0.4) is 0 Å². The zero-order chi connectivity index (χ0) is 32.5. The number of carbonyl (C=O) groups is 4. The van der Waals surface area contributed by atoms with Crippen LogP contribution in [0.25, 0.3) is 0 Å². The molecule has 0 radical (unpaired) electrons. The van der Waals surface area contributed by atoms with E-state index in [1.165, 1.54) is 4.90 Å². The normalized spacial score (nSPS) is 24.0. The van der Waals surface area contributed by atoms with Gasteiger partial charge in [0.05, 0.1) is 23.3 Å². The van der Waals surface area contributed by atoms with Crippen LogP contribution in [0.2, 0.25) is 5.02 Å². The molecule has 1 aromatic rings. The Bertz CT molecular complexity index is 1290. The summed E-state index contributed by atoms with van der Waals surface area (Å²) >= 11 is 6.34. The topological polar surface area (TPSA) is 106 Å². The van der Waals surface area contributed by atoms with Gasteiger partial charge in [0.15, 0.2) is 0 Å².